The van der Waals surface area contributed by atoms with Gasteiger partial charge in [0.1, 0.15) is 0 Å². The summed E-state index contributed by atoms with van der Waals surface area (Å²) in [5.74, 6) is 0.343. The molecule has 2 rings (SSSR count). The predicted octanol–water partition coefficient (Wildman–Crippen LogP) is 3.96. The van der Waals surface area contributed by atoms with E-state index in [1.165, 1.54) is 5.56 Å². The van der Waals surface area contributed by atoms with Crippen LogP contribution in [0.25, 0.3) is 0 Å². The van der Waals surface area contributed by atoms with E-state index in [1.807, 2.05) is 24.3 Å². The largest absolute Gasteiger partial charge is 0.369 e. The van der Waals surface area contributed by atoms with Crippen molar-refractivity contribution >= 4 is 28.9 Å². The lowest BCUT2D eigenvalue weighted by molar-refractivity contribution is 1.14. The van der Waals surface area contributed by atoms with Crippen molar-refractivity contribution in [3.8, 4) is 0 Å². The highest BCUT2D eigenvalue weighted by Gasteiger charge is 1.98. The summed E-state index contributed by atoms with van der Waals surface area (Å²) in [4.78, 5) is 4.27. The maximum Gasteiger partial charge on any atom is 0.198 e. The average molecular weight is 274 g/mol. The number of hydrogen-bond acceptors (Lipinski definition) is 1. The van der Waals surface area contributed by atoms with Crippen LogP contribution in [0, 0.1) is 0 Å². The van der Waals surface area contributed by atoms with Gasteiger partial charge < -0.3 is 11.1 Å². The Morgan fingerprint density at radius 2 is 2.00 bits per heavy atom. The van der Waals surface area contributed by atoms with E-state index in [-0.39, 0.29) is 0 Å². The van der Waals surface area contributed by atoms with Crippen molar-refractivity contribution in [1.29, 1.82) is 0 Å². The molecule has 0 heterocycles. The topological polar surface area (TPSA) is 50.4 Å². The van der Waals surface area contributed by atoms with Crippen molar-refractivity contribution in [3.05, 3.63) is 59.1 Å². The lowest BCUT2D eigenvalue weighted by atomic mass is 10.1. The van der Waals surface area contributed by atoms with Crippen molar-refractivity contribution in [2.45, 2.75) is 13.3 Å². The molecule has 0 unspecified atom stereocenters. The second-order valence-electron chi connectivity index (χ2n) is 4.16. The number of aryl methyl sites for hydroxylation is 1. The van der Waals surface area contributed by atoms with Crippen LogP contribution < -0.4 is 11.1 Å². The van der Waals surface area contributed by atoms with Crippen molar-refractivity contribution in [2.75, 3.05) is 5.32 Å². The van der Waals surface area contributed by atoms with Gasteiger partial charge in [-0.2, -0.15) is 0 Å². The fraction of sp³-hybridized carbons (Fsp3) is 0.133. The Hall–Kier alpha value is -2.00. The molecule has 98 valence electrons. The van der Waals surface area contributed by atoms with E-state index < -0.39 is 0 Å². The minimum absolute atomic E-state index is 0.343. The SMILES string of the molecule is CCc1cccc(NC(N)=Nc2cccc(Cl)c2)c1. The fourth-order valence-corrected chi connectivity index (χ4v) is 1.91. The Morgan fingerprint density at radius 1 is 1.21 bits per heavy atom. The normalized spacial score (nSPS) is 11.4. The first kappa shape index (κ1) is 13.4. The van der Waals surface area contributed by atoms with Crippen LogP contribution in [-0.4, -0.2) is 5.96 Å². The van der Waals surface area contributed by atoms with E-state index in [4.69, 9.17) is 17.3 Å². The van der Waals surface area contributed by atoms with Crippen molar-refractivity contribution in [3.63, 3.8) is 0 Å². The molecule has 0 aliphatic carbocycles. The van der Waals surface area contributed by atoms with Gasteiger partial charge in [-0.15, -0.1) is 0 Å². The third-order valence-corrected chi connectivity index (χ3v) is 2.90. The number of nitrogens with one attached hydrogen (secondary N) is 1. The number of aliphatic imine (C=N–C) groups is 1. The Bertz CT molecular complexity index is 593. The van der Waals surface area contributed by atoms with Gasteiger partial charge in [0, 0.05) is 10.7 Å². The average Bonchev–Trinajstić information content (AvgIpc) is 2.38. The zero-order chi connectivity index (χ0) is 13.7. The molecule has 4 heteroatoms. The number of guanidine groups is 1. The number of anilines is 1. The lowest BCUT2D eigenvalue weighted by Crippen LogP contribution is -2.21. The summed E-state index contributed by atoms with van der Waals surface area (Å²) in [7, 11) is 0. The number of nitrogens with zero attached hydrogens (tertiary/aromatic N) is 1. The van der Waals surface area contributed by atoms with Crippen molar-refractivity contribution in [2.24, 2.45) is 10.7 Å². The summed E-state index contributed by atoms with van der Waals surface area (Å²) in [6.07, 6.45) is 0.987. The molecule has 0 aliphatic rings. The van der Waals surface area contributed by atoms with Gasteiger partial charge in [0.25, 0.3) is 0 Å². The Morgan fingerprint density at radius 3 is 2.74 bits per heavy atom. The summed E-state index contributed by atoms with van der Waals surface area (Å²) in [5, 5.41) is 3.71. The lowest BCUT2D eigenvalue weighted by Gasteiger charge is -2.07. The molecule has 0 aromatic heterocycles. The predicted molar refractivity (Wildman–Crippen MR) is 82.2 cm³/mol. The van der Waals surface area contributed by atoms with Crippen LogP contribution in [0.2, 0.25) is 5.02 Å². The molecule has 3 N–H and O–H groups in total. The highest BCUT2D eigenvalue weighted by atomic mass is 35.5. The molecule has 2 aromatic carbocycles. The Labute approximate surface area is 118 Å². The van der Waals surface area contributed by atoms with Gasteiger partial charge in [0.2, 0.25) is 0 Å². The maximum absolute atomic E-state index is 5.90. The Kier molecular flexibility index (Phi) is 4.42. The number of rotatable bonds is 3. The van der Waals surface area contributed by atoms with Crippen LogP contribution in [-0.2, 0) is 6.42 Å². The highest BCUT2D eigenvalue weighted by Crippen LogP contribution is 2.18. The summed E-state index contributed by atoms with van der Waals surface area (Å²) in [5.41, 5.74) is 8.78. The minimum Gasteiger partial charge on any atom is -0.369 e. The first-order chi connectivity index (χ1) is 9.17. The molecule has 2 aromatic rings. The van der Waals surface area contributed by atoms with E-state index in [9.17, 15) is 0 Å². The van der Waals surface area contributed by atoms with Gasteiger partial charge in [-0.25, -0.2) is 4.99 Å². The maximum atomic E-state index is 5.90. The molecule has 0 amide bonds. The molecule has 19 heavy (non-hydrogen) atoms. The Balaban J connectivity index is 2.13. The standard InChI is InChI=1S/C15H16ClN3/c1-2-11-5-3-7-13(9-11)18-15(17)19-14-8-4-6-12(16)10-14/h3-10H,2H2,1H3,(H3,17,18,19). The van der Waals surface area contributed by atoms with Crippen LogP contribution in [0.3, 0.4) is 0 Å². The zero-order valence-electron chi connectivity index (χ0n) is 10.7. The third kappa shape index (κ3) is 4.00. The quantitative estimate of drug-likeness (QED) is 0.657. The van der Waals surface area contributed by atoms with Crippen LogP contribution in [0.4, 0.5) is 11.4 Å². The first-order valence-corrected chi connectivity index (χ1v) is 6.51. The number of halogens is 1. The molecule has 0 bridgehead atoms. The molecule has 0 aliphatic heterocycles. The molecule has 0 spiro atoms. The molecule has 3 nitrogen and oxygen atoms in total. The zero-order valence-corrected chi connectivity index (χ0v) is 11.5. The van der Waals surface area contributed by atoms with Gasteiger partial charge >= 0.3 is 0 Å². The van der Waals surface area contributed by atoms with Crippen LogP contribution in [0.15, 0.2) is 53.5 Å². The van der Waals surface area contributed by atoms with Crippen molar-refractivity contribution in [1.82, 2.24) is 0 Å². The van der Waals surface area contributed by atoms with E-state index in [0.717, 1.165) is 17.8 Å². The highest BCUT2D eigenvalue weighted by molar-refractivity contribution is 6.30. The minimum atomic E-state index is 0.343. The van der Waals surface area contributed by atoms with Gasteiger partial charge in [-0.05, 0) is 42.3 Å². The van der Waals surface area contributed by atoms with E-state index >= 15 is 0 Å². The number of hydrogen-bond donors (Lipinski definition) is 2. The molecule has 0 fully saturated rings. The smallest absolute Gasteiger partial charge is 0.198 e. The second kappa shape index (κ2) is 6.25. The number of benzene rings is 2. The summed E-state index contributed by atoms with van der Waals surface area (Å²) in [6.45, 7) is 2.11. The molecule has 0 atom stereocenters. The fourth-order valence-electron chi connectivity index (χ4n) is 1.73. The van der Waals surface area contributed by atoms with Crippen molar-refractivity contribution < 1.29 is 0 Å². The molecule has 0 radical (unpaired) electrons. The molecular weight excluding hydrogens is 258 g/mol. The molecular formula is C15H16ClN3. The van der Waals surface area contributed by atoms with E-state index in [2.05, 4.69) is 29.4 Å². The van der Waals surface area contributed by atoms with Gasteiger partial charge in [-0.3, -0.25) is 0 Å². The molecule has 0 saturated carbocycles. The van der Waals surface area contributed by atoms with Gasteiger partial charge in [-0.1, -0.05) is 36.7 Å². The molecule has 0 saturated heterocycles. The van der Waals surface area contributed by atoms with E-state index in [1.54, 1.807) is 12.1 Å². The summed E-state index contributed by atoms with van der Waals surface area (Å²) < 4.78 is 0. The first-order valence-electron chi connectivity index (χ1n) is 6.13. The second-order valence-corrected chi connectivity index (χ2v) is 4.59. The summed E-state index contributed by atoms with van der Waals surface area (Å²) in [6, 6.07) is 15.3. The summed E-state index contributed by atoms with van der Waals surface area (Å²) >= 11 is 5.90. The number of nitrogens with two attached hydrogens (primary N) is 1. The third-order valence-electron chi connectivity index (χ3n) is 2.67. The van der Waals surface area contributed by atoms with Gasteiger partial charge in [0.15, 0.2) is 5.96 Å². The van der Waals surface area contributed by atoms with Gasteiger partial charge in [0.05, 0.1) is 5.69 Å². The van der Waals surface area contributed by atoms with E-state index in [0.29, 0.717) is 11.0 Å². The van der Waals surface area contributed by atoms with Crippen LogP contribution in [0.1, 0.15) is 12.5 Å². The van der Waals surface area contributed by atoms with Crippen LogP contribution in [0.5, 0.6) is 0 Å². The monoisotopic (exact) mass is 273 g/mol. The van der Waals surface area contributed by atoms with Crippen LogP contribution >= 0.6 is 11.6 Å².